The molecule has 4 aromatic heterocycles. The van der Waals surface area contributed by atoms with Crippen LogP contribution in [0.3, 0.4) is 0 Å². The normalized spacial score (nSPS) is 11.4. The number of nitrogens with zero attached hydrogens (tertiary/aromatic N) is 6. The van der Waals surface area contributed by atoms with E-state index in [0.29, 0.717) is 39.3 Å². The molecule has 0 aliphatic rings. The van der Waals surface area contributed by atoms with Crippen molar-refractivity contribution in [3.63, 3.8) is 0 Å². The summed E-state index contributed by atoms with van der Waals surface area (Å²) < 4.78 is 42.3. The van der Waals surface area contributed by atoms with Crippen molar-refractivity contribution in [1.29, 1.82) is 0 Å². The summed E-state index contributed by atoms with van der Waals surface area (Å²) in [5.74, 6) is 0.351. The Morgan fingerprint density at radius 2 is 1.77 bits per heavy atom. The molecule has 1 N–H and O–H groups in total. The molecule has 0 saturated heterocycles. The number of ether oxygens (including phenoxy) is 2. The van der Waals surface area contributed by atoms with Crippen LogP contribution in [0.1, 0.15) is 11.1 Å². The van der Waals surface area contributed by atoms with E-state index in [9.17, 15) is 13.6 Å². The molecular formula is C27H21F2N7O3. The topological polar surface area (TPSA) is 113 Å². The predicted octanol–water partition coefficient (Wildman–Crippen LogP) is 3.92. The molecule has 0 bridgehead atoms. The van der Waals surface area contributed by atoms with Gasteiger partial charge in [0.15, 0.2) is 17.1 Å². The van der Waals surface area contributed by atoms with Crippen LogP contribution in [0.4, 0.5) is 8.78 Å². The van der Waals surface area contributed by atoms with Gasteiger partial charge in [-0.05, 0) is 24.3 Å². The van der Waals surface area contributed by atoms with Gasteiger partial charge in [-0.2, -0.15) is 5.10 Å². The number of pyridine rings is 1. The minimum Gasteiger partial charge on any atom is -0.497 e. The standard InChI is InChI=1S/C27H21F2N7O3/c1-38-18-8-7-16(22(10-18)39-2)13-35-26-21(32-27(35)37)12-30-24(33-26)23-19-9-17(28)11-31-25(19)36(34-23)14-15-5-3-4-6-20(15)29/h3-12H,13-14H2,1-2H3,(H,32,37). The third kappa shape index (κ3) is 4.35. The fraction of sp³-hybridized carbons (Fsp3) is 0.148. The highest BCUT2D eigenvalue weighted by molar-refractivity contribution is 5.90. The van der Waals surface area contributed by atoms with E-state index < -0.39 is 17.3 Å². The Bertz CT molecular complexity index is 1910. The third-order valence-electron chi connectivity index (χ3n) is 6.38. The van der Waals surface area contributed by atoms with E-state index in [1.54, 1.807) is 43.5 Å². The van der Waals surface area contributed by atoms with Crippen LogP contribution in [0.25, 0.3) is 33.7 Å². The number of methoxy groups -OCH3 is 2. The molecule has 0 unspecified atom stereocenters. The maximum Gasteiger partial charge on any atom is 0.328 e. The molecule has 4 heterocycles. The van der Waals surface area contributed by atoms with Crippen LogP contribution in [-0.4, -0.2) is 48.5 Å². The average molecular weight is 530 g/mol. The van der Waals surface area contributed by atoms with Crippen LogP contribution < -0.4 is 15.2 Å². The highest BCUT2D eigenvalue weighted by Crippen LogP contribution is 2.28. The summed E-state index contributed by atoms with van der Waals surface area (Å²) in [6.07, 6.45) is 2.54. The van der Waals surface area contributed by atoms with Gasteiger partial charge < -0.3 is 14.5 Å². The van der Waals surface area contributed by atoms with E-state index in [-0.39, 0.29) is 24.6 Å². The summed E-state index contributed by atoms with van der Waals surface area (Å²) >= 11 is 0. The first-order valence-corrected chi connectivity index (χ1v) is 11.9. The molecular weight excluding hydrogens is 508 g/mol. The van der Waals surface area contributed by atoms with E-state index in [4.69, 9.17) is 9.47 Å². The number of imidazole rings is 1. The van der Waals surface area contributed by atoms with Crippen molar-refractivity contribution < 1.29 is 18.3 Å². The van der Waals surface area contributed by atoms with Crippen molar-refractivity contribution >= 4 is 22.2 Å². The number of hydrogen-bond donors (Lipinski definition) is 1. The minimum atomic E-state index is -0.569. The summed E-state index contributed by atoms with van der Waals surface area (Å²) in [5.41, 5.74) is 2.05. The lowest BCUT2D eigenvalue weighted by atomic mass is 10.2. The highest BCUT2D eigenvalue weighted by atomic mass is 19.1. The molecule has 6 aromatic rings. The Balaban J connectivity index is 1.47. The number of hydrogen-bond acceptors (Lipinski definition) is 7. The third-order valence-corrected chi connectivity index (χ3v) is 6.38. The van der Waals surface area contributed by atoms with Crippen molar-refractivity contribution in [2.75, 3.05) is 14.2 Å². The molecule has 0 spiro atoms. The Morgan fingerprint density at radius 1 is 0.923 bits per heavy atom. The summed E-state index contributed by atoms with van der Waals surface area (Å²) in [5, 5.41) is 4.93. The second kappa shape index (κ2) is 9.63. The molecule has 0 fully saturated rings. The van der Waals surface area contributed by atoms with Gasteiger partial charge in [-0.3, -0.25) is 4.57 Å². The summed E-state index contributed by atoms with van der Waals surface area (Å²) in [6.45, 7) is 0.220. The van der Waals surface area contributed by atoms with E-state index in [1.165, 1.54) is 34.7 Å². The zero-order valence-corrected chi connectivity index (χ0v) is 20.9. The van der Waals surface area contributed by atoms with Gasteiger partial charge in [0.25, 0.3) is 0 Å². The zero-order valence-electron chi connectivity index (χ0n) is 20.9. The van der Waals surface area contributed by atoms with E-state index in [0.717, 1.165) is 11.8 Å². The van der Waals surface area contributed by atoms with Gasteiger partial charge in [-0.15, -0.1) is 0 Å². The molecule has 0 saturated carbocycles. The van der Waals surface area contributed by atoms with Gasteiger partial charge in [-0.25, -0.2) is 33.2 Å². The second-order valence-corrected chi connectivity index (χ2v) is 8.75. The molecule has 0 aliphatic heterocycles. The summed E-state index contributed by atoms with van der Waals surface area (Å²) in [4.78, 5) is 28.8. The van der Waals surface area contributed by atoms with Crippen LogP contribution in [0, 0.1) is 11.6 Å². The zero-order chi connectivity index (χ0) is 27.1. The Kier molecular flexibility index (Phi) is 5.98. The Hall–Kier alpha value is -5.13. The van der Waals surface area contributed by atoms with Crippen molar-refractivity contribution in [2.24, 2.45) is 0 Å². The smallest absolute Gasteiger partial charge is 0.328 e. The van der Waals surface area contributed by atoms with Gasteiger partial charge in [0.05, 0.1) is 45.1 Å². The monoisotopic (exact) mass is 529 g/mol. The number of rotatable bonds is 7. The van der Waals surface area contributed by atoms with Crippen LogP contribution in [0.15, 0.2) is 65.7 Å². The molecule has 0 aliphatic carbocycles. The molecule has 0 radical (unpaired) electrons. The lowest BCUT2D eigenvalue weighted by Crippen LogP contribution is -2.18. The number of nitrogens with one attached hydrogen (secondary N) is 1. The molecule has 39 heavy (non-hydrogen) atoms. The Labute approximate surface area is 219 Å². The van der Waals surface area contributed by atoms with Gasteiger partial charge in [0.2, 0.25) is 0 Å². The second-order valence-electron chi connectivity index (χ2n) is 8.75. The summed E-state index contributed by atoms with van der Waals surface area (Å²) in [6, 6.07) is 12.9. The SMILES string of the molecule is COc1ccc(Cn2c(=O)[nH]c3cnc(-c4nn(Cc5ccccc5F)c5ncc(F)cc45)nc32)c(OC)c1. The highest BCUT2D eigenvalue weighted by Gasteiger charge is 2.20. The van der Waals surface area contributed by atoms with Crippen LogP contribution in [-0.2, 0) is 13.1 Å². The van der Waals surface area contributed by atoms with Crippen LogP contribution in [0.5, 0.6) is 11.5 Å². The van der Waals surface area contributed by atoms with Gasteiger partial charge in [-0.1, -0.05) is 18.2 Å². The number of fused-ring (bicyclic) bond motifs is 2. The fourth-order valence-electron chi connectivity index (χ4n) is 4.46. The summed E-state index contributed by atoms with van der Waals surface area (Å²) in [7, 11) is 3.09. The van der Waals surface area contributed by atoms with Crippen LogP contribution >= 0.6 is 0 Å². The molecule has 196 valence electrons. The number of halogens is 2. The number of aromatic nitrogens is 7. The molecule has 0 atom stereocenters. The van der Waals surface area contributed by atoms with Gasteiger partial charge in [0, 0.05) is 17.2 Å². The lowest BCUT2D eigenvalue weighted by Gasteiger charge is -2.11. The van der Waals surface area contributed by atoms with Gasteiger partial charge in [0.1, 0.15) is 34.3 Å². The predicted molar refractivity (Wildman–Crippen MR) is 139 cm³/mol. The maximum atomic E-state index is 14.4. The number of aromatic amines is 1. The Morgan fingerprint density at radius 3 is 2.56 bits per heavy atom. The minimum absolute atomic E-state index is 0.0657. The lowest BCUT2D eigenvalue weighted by molar-refractivity contribution is 0.390. The van der Waals surface area contributed by atoms with Gasteiger partial charge >= 0.3 is 5.69 Å². The van der Waals surface area contributed by atoms with Crippen molar-refractivity contribution in [1.82, 2.24) is 34.3 Å². The van der Waals surface area contributed by atoms with Crippen molar-refractivity contribution in [2.45, 2.75) is 13.1 Å². The van der Waals surface area contributed by atoms with Crippen molar-refractivity contribution in [3.05, 3.63) is 94.2 Å². The van der Waals surface area contributed by atoms with Crippen LogP contribution in [0.2, 0.25) is 0 Å². The van der Waals surface area contributed by atoms with E-state index >= 15 is 0 Å². The maximum absolute atomic E-state index is 14.4. The molecule has 0 amide bonds. The first-order valence-electron chi connectivity index (χ1n) is 11.9. The molecule has 2 aromatic carbocycles. The molecule has 10 nitrogen and oxygen atoms in total. The number of H-pyrrole nitrogens is 1. The average Bonchev–Trinajstić information content (AvgIpc) is 3.45. The quantitative estimate of drug-likeness (QED) is 0.334. The van der Waals surface area contributed by atoms with E-state index in [1.807, 2.05) is 0 Å². The largest absolute Gasteiger partial charge is 0.497 e. The first-order chi connectivity index (χ1) is 18.9. The molecule has 12 heteroatoms. The fourth-order valence-corrected chi connectivity index (χ4v) is 4.46. The van der Waals surface area contributed by atoms with Crippen molar-refractivity contribution in [3.8, 4) is 23.0 Å². The molecule has 6 rings (SSSR count). The number of benzene rings is 2. The first kappa shape index (κ1) is 24.2. The van der Waals surface area contributed by atoms with E-state index in [2.05, 4.69) is 25.0 Å².